The van der Waals surface area contributed by atoms with Crippen LogP contribution in [0.2, 0.25) is 0 Å². The van der Waals surface area contributed by atoms with Gasteiger partial charge in [-0.3, -0.25) is 9.87 Å². The lowest BCUT2D eigenvalue weighted by atomic mass is 10.1. The molecule has 0 atom stereocenters. The van der Waals surface area contributed by atoms with Gasteiger partial charge in [-0.2, -0.15) is 8.42 Å². The summed E-state index contributed by atoms with van der Waals surface area (Å²) in [6.45, 7) is 6.26. The van der Waals surface area contributed by atoms with Crippen LogP contribution < -0.4 is 10.0 Å². The number of nitrogens with one attached hydrogen (secondary N) is 2. The molecule has 16 heteroatoms. The molecule has 1 aromatic heterocycles. The van der Waals surface area contributed by atoms with Gasteiger partial charge in [0.1, 0.15) is 11.0 Å². The second kappa shape index (κ2) is 19.4. The summed E-state index contributed by atoms with van der Waals surface area (Å²) in [5, 5.41) is 2.26. The number of benzene rings is 1. The molecule has 252 valence electrons. The van der Waals surface area contributed by atoms with Gasteiger partial charge in [-0.15, -0.1) is 0 Å². The molecule has 0 spiro atoms. The van der Waals surface area contributed by atoms with Crippen LogP contribution in [0.3, 0.4) is 0 Å². The lowest BCUT2D eigenvalue weighted by Gasteiger charge is -2.25. The third-order valence-corrected chi connectivity index (χ3v) is 8.30. The first-order valence-corrected chi connectivity index (χ1v) is 17.8. The molecule has 1 saturated heterocycles. The fourth-order valence-electron chi connectivity index (χ4n) is 4.21. The van der Waals surface area contributed by atoms with E-state index in [1.165, 1.54) is 69.2 Å². The van der Waals surface area contributed by atoms with Crippen molar-refractivity contribution in [3.63, 3.8) is 0 Å². The molecule has 2 aromatic rings. The number of nitrogens with zero attached hydrogens (tertiary/aromatic N) is 2. The van der Waals surface area contributed by atoms with Gasteiger partial charge >= 0.3 is 22.4 Å². The van der Waals surface area contributed by atoms with Crippen molar-refractivity contribution in [1.29, 1.82) is 0 Å². The summed E-state index contributed by atoms with van der Waals surface area (Å²) >= 11 is 0. The number of rotatable bonds is 17. The van der Waals surface area contributed by atoms with E-state index in [-0.39, 0.29) is 36.2 Å². The molecule has 0 saturated carbocycles. The molecule has 14 nitrogen and oxygen atoms in total. The molecular formula is C29H44N4O10S2. The standard InChI is InChI=1S/C17H18N4O6S.C12H26O4S/c1-10-7-11(2)19-16(18-10)20-17(23)21-28(24,25)14-6-4-3-5-13(14)15(22)27-12-8-26-9-12;1-2-3-4-5-6-7-8-9-10-11-12-16-17(13,14)15/h3-7,12H,8-9H2,1-2H3,(H2,18,19,20,21,23);2-12H2,1H3,(H,13,14,15). The molecule has 0 unspecified atom stereocenters. The molecule has 2 amide bonds. The SMILES string of the molecule is CCCCCCCCCCCCOS(=O)(=O)O.Cc1cc(C)nc(NC(=O)NS(=O)(=O)c2ccccc2C(=O)OC2COC2)n1. The van der Waals surface area contributed by atoms with E-state index in [2.05, 4.69) is 26.4 Å². The number of hydrogen-bond donors (Lipinski definition) is 3. The normalized spacial score (nSPS) is 13.2. The van der Waals surface area contributed by atoms with Crippen LogP contribution in [0.1, 0.15) is 92.9 Å². The fourth-order valence-corrected chi connectivity index (χ4v) is 5.64. The van der Waals surface area contributed by atoms with Gasteiger partial charge < -0.3 is 9.47 Å². The van der Waals surface area contributed by atoms with Crippen LogP contribution in [0, 0.1) is 13.8 Å². The highest BCUT2D eigenvalue weighted by atomic mass is 32.3. The van der Waals surface area contributed by atoms with Gasteiger partial charge in [-0.25, -0.2) is 36.9 Å². The van der Waals surface area contributed by atoms with Crippen molar-refractivity contribution in [2.75, 3.05) is 25.1 Å². The summed E-state index contributed by atoms with van der Waals surface area (Å²) in [4.78, 5) is 32.0. The third kappa shape index (κ3) is 15.6. The number of carbonyl (C=O) groups excluding carboxylic acids is 2. The predicted molar refractivity (Wildman–Crippen MR) is 167 cm³/mol. The number of amides is 2. The quantitative estimate of drug-likeness (QED) is 0.117. The monoisotopic (exact) mass is 672 g/mol. The highest BCUT2D eigenvalue weighted by molar-refractivity contribution is 7.90. The number of unbranched alkanes of at least 4 members (excludes halogenated alkanes) is 9. The van der Waals surface area contributed by atoms with Crippen molar-refractivity contribution in [3.8, 4) is 0 Å². The maximum atomic E-state index is 12.6. The molecule has 2 heterocycles. The molecule has 1 aliphatic rings. The van der Waals surface area contributed by atoms with Gasteiger partial charge in [0.2, 0.25) is 5.95 Å². The second-order valence-corrected chi connectivity index (χ2v) is 13.3. The Hall–Kier alpha value is -3.18. The number of esters is 1. The summed E-state index contributed by atoms with van der Waals surface area (Å²) in [6.07, 6.45) is 11.4. The van der Waals surface area contributed by atoms with E-state index < -0.39 is 38.5 Å². The first-order chi connectivity index (χ1) is 21.3. The average molecular weight is 673 g/mol. The van der Waals surface area contributed by atoms with E-state index in [1.54, 1.807) is 19.9 Å². The number of sulfonamides is 1. The maximum absolute atomic E-state index is 12.6. The Balaban J connectivity index is 0.000000358. The molecule has 1 aliphatic heterocycles. The summed E-state index contributed by atoms with van der Waals surface area (Å²) in [6, 6.07) is 6.09. The van der Waals surface area contributed by atoms with Gasteiger partial charge in [0.15, 0.2) is 0 Å². The van der Waals surface area contributed by atoms with E-state index in [4.69, 9.17) is 14.0 Å². The molecule has 0 aliphatic carbocycles. The zero-order valence-corrected chi connectivity index (χ0v) is 27.6. The Morgan fingerprint density at radius 2 is 1.47 bits per heavy atom. The van der Waals surface area contributed by atoms with E-state index in [0.717, 1.165) is 12.8 Å². The Morgan fingerprint density at radius 1 is 0.911 bits per heavy atom. The Morgan fingerprint density at radius 3 is 2.00 bits per heavy atom. The van der Waals surface area contributed by atoms with Crippen LogP contribution >= 0.6 is 0 Å². The van der Waals surface area contributed by atoms with Gasteiger partial charge in [-0.05, 0) is 38.5 Å². The van der Waals surface area contributed by atoms with Crippen molar-refractivity contribution in [1.82, 2.24) is 14.7 Å². The number of anilines is 1. The van der Waals surface area contributed by atoms with E-state index >= 15 is 0 Å². The molecule has 45 heavy (non-hydrogen) atoms. The van der Waals surface area contributed by atoms with Gasteiger partial charge in [0, 0.05) is 11.4 Å². The number of hydrogen-bond acceptors (Lipinski definition) is 11. The first kappa shape index (κ1) is 38.0. The number of ether oxygens (including phenoxy) is 2. The van der Waals surface area contributed by atoms with E-state index in [0.29, 0.717) is 17.8 Å². The van der Waals surface area contributed by atoms with Crippen LogP contribution in [0.15, 0.2) is 35.2 Å². The number of aromatic nitrogens is 2. The number of urea groups is 1. The van der Waals surface area contributed by atoms with E-state index in [1.807, 2.05) is 4.72 Å². The Labute approximate surface area is 265 Å². The van der Waals surface area contributed by atoms with Crippen LogP contribution in [0.5, 0.6) is 0 Å². The maximum Gasteiger partial charge on any atom is 0.397 e. The Kier molecular flexibility index (Phi) is 16.4. The molecule has 3 rings (SSSR count). The largest absolute Gasteiger partial charge is 0.454 e. The summed E-state index contributed by atoms with van der Waals surface area (Å²) < 4.78 is 70.1. The number of aryl methyl sites for hydroxylation is 2. The van der Waals surface area contributed by atoms with Gasteiger partial charge in [-0.1, -0.05) is 76.8 Å². The minimum Gasteiger partial charge on any atom is -0.454 e. The van der Waals surface area contributed by atoms with Gasteiger partial charge in [0.05, 0.1) is 25.4 Å². The first-order valence-electron chi connectivity index (χ1n) is 15.0. The lowest BCUT2D eigenvalue weighted by Crippen LogP contribution is -2.39. The predicted octanol–water partition coefficient (Wildman–Crippen LogP) is 4.89. The number of carbonyl (C=O) groups is 2. The molecule has 0 radical (unpaired) electrons. The third-order valence-electron chi connectivity index (χ3n) is 6.44. The van der Waals surface area contributed by atoms with Crippen molar-refractivity contribution in [2.24, 2.45) is 0 Å². The summed E-state index contributed by atoms with van der Waals surface area (Å²) in [5.74, 6) is -0.852. The van der Waals surface area contributed by atoms with Crippen LogP contribution in [0.4, 0.5) is 10.7 Å². The minimum atomic E-state index is -4.35. The van der Waals surface area contributed by atoms with Crippen LogP contribution in [-0.2, 0) is 34.1 Å². The molecule has 0 bridgehead atoms. The summed E-state index contributed by atoms with van der Waals surface area (Å²) in [5.41, 5.74) is 1.04. The fraction of sp³-hybridized carbons (Fsp3) is 0.586. The van der Waals surface area contributed by atoms with Crippen molar-refractivity contribution < 1.29 is 44.6 Å². The zero-order chi connectivity index (χ0) is 33.3. The summed E-state index contributed by atoms with van der Waals surface area (Å²) in [7, 11) is -8.58. The zero-order valence-electron chi connectivity index (χ0n) is 26.0. The van der Waals surface area contributed by atoms with Crippen molar-refractivity contribution in [2.45, 2.75) is 96.0 Å². The van der Waals surface area contributed by atoms with Crippen molar-refractivity contribution >= 4 is 38.4 Å². The molecule has 1 fully saturated rings. The molecule has 1 aromatic carbocycles. The average Bonchev–Trinajstić information content (AvgIpc) is 2.92. The molecule has 3 N–H and O–H groups in total. The smallest absolute Gasteiger partial charge is 0.397 e. The topological polar surface area (TPSA) is 200 Å². The van der Waals surface area contributed by atoms with Crippen LogP contribution in [0.25, 0.3) is 0 Å². The van der Waals surface area contributed by atoms with E-state index in [9.17, 15) is 26.4 Å². The molecular weight excluding hydrogens is 628 g/mol. The highest BCUT2D eigenvalue weighted by Gasteiger charge is 2.29. The Bertz CT molecular complexity index is 1430. The lowest BCUT2D eigenvalue weighted by molar-refractivity contribution is -0.103. The highest BCUT2D eigenvalue weighted by Crippen LogP contribution is 2.19. The van der Waals surface area contributed by atoms with Crippen molar-refractivity contribution in [3.05, 3.63) is 47.3 Å². The minimum absolute atomic E-state index is 0.0390. The van der Waals surface area contributed by atoms with Gasteiger partial charge in [0.25, 0.3) is 10.0 Å². The van der Waals surface area contributed by atoms with Crippen LogP contribution in [-0.4, -0.2) is 69.3 Å². The second-order valence-electron chi connectivity index (χ2n) is 10.5.